The van der Waals surface area contributed by atoms with Crippen molar-refractivity contribution in [2.24, 2.45) is 0 Å². The first-order chi connectivity index (χ1) is 6.70. The van der Waals surface area contributed by atoms with Crippen molar-refractivity contribution in [3.05, 3.63) is 33.3 Å². The lowest BCUT2D eigenvalue weighted by Crippen LogP contribution is -1.93. The first-order valence-corrected chi connectivity index (χ1v) is 5.92. The molecule has 0 aromatic heterocycles. The van der Waals surface area contributed by atoms with Crippen LogP contribution in [0.4, 0.5) is 0 Å². The summed E-state index contributed by atoms with van der Waals surface area (Å²) >= 11 is 12.4. The zero-order valence-electron chi connectivity index (χ0n) is 8.74. The molecule has 0 bridgehead atoms. The summed E-state index contributed by atoms with van der Waals surface area (Å²) in [4.78, 5) is 0. The minimum atomic E-state index is 0.803. The molecule has 14 heavy (non-hydrogen) atoms. The van der Waals surface area contributed by atoms with Gasteiger partial charge in [0.05, 0.1) is 0 Å². The van der Waals surface area contributed by atoms with E-state index in [1.165, 1.54) is 5.56 Å². The van der Waals surface area contributed by atoms with Gasteiger partial charge in [-0.2, -0.15) is 0 Å². The van der Waals surface area contributed by atoms with Gasteiger partial charge in [0, 0.05) is 10.0 Å². The Balaban J connectivity index is 3.05. The number of halogens is 2. The van der Waals surface area contributed by atoms with Gasteiger partial charge in [-0.25, -0.2) is 0 Å². The topological polar surface area (TPSA) is 0 Å². The zero-order valence-corrected chi connectivity index (χ0v) is 10.3. The van der Waals surface area contributed by atoms with Crippen LogP contribution in [0.3, 0.4) is 0 Å². The Kier molecular flexibility index (Phi) is 4.77. The Hall–Kier alpha value is -0.200. The minimum Gasteiger partial charge on any atom is -0.0840 e. The van der Waals surface area contributed by atoms with E-state index in [9.17, 15) is 0 Å². The number of benzene rings is 1. The molecule has 0 saturated heterocycles. The molecule has 0 nitrogen and oxygen atoms in total. The van der Waals surface area contributed by atoms with Gasteiger partial charge in [-0.15, -0.1) is 0 Å². The monoisotopic (exact) mass is 230 g/mol. The Morgan fingerprint density at radius 1 is 1.00 bits per heavy atom. The van der Waals surface area contributed by atoms with E-state index in [-0.39, 0.29) is 0 Å². The second-order valence-corrected chi connectivity index (χ2v) is 4.28. The van der Waals surface area contributed by atoms with Gasteiger partial charge in [-0.05, 0) is 30.0 Å². The van der Waals surface area contributed by atoms with Gasteiger partial charge in [0.2, 0.25) is 0 Å². The SMILES string of the molecule is CCCc1ccc(Cl)c(CCC)c1Cl. The quantitative estimate of drug-likeness (QED) is 0.691. The van der Waals surface area contributed by atoms with E-state index in [2.05, 4.69) is 13.8 Å². The third-order valence-corrected chi connectivity index (χ3v) is 3.11. The van der Waals surface area contributed by atoms with Crippen LogP contribution in [0.2, 0.25) is 10.0 Å². The molecule has 0 aliphatic heterocycles. The van der Waals surface area contributed by atoms with E-state index in [0.717, 1.165) is 41.3 Å². The Bertz CT molecular complexity index is 305. The second-order valence-electron chi connectivity index (χ2n) is 3.50. The van der Waals surface area contributed by atoms with Crippen LogP contribution in [0.15, 0.2) is 12.1 Å². The molecule has 0 saturated carbocycles. The molecule has 1 aromatic carbocycles. The maximum Gasteiger partial charge on any atom is 0.0484 e. The van der Waals surface area contributed by atoms with Gasteiger partial charge in [-0.3, -0.25) is 0 Å². The highest BCUT2D eigenvalue weighted by Gasteiger charge is 2.08. The third-order valence-electron chi connectivity index (χ3n) is 2.29. The van der Waals surface area contributed by atoms with Crippen LogP contribution in [0.25, 0.3) is 0 Å². The van der Waals surface area contributed by atoms with Gasteiger partial charge in [-0.1, -0.05) is 56.0 Å². The fourth-order valence-electron chi connectivity index (χ4n) is 1.59. The smallest absolute Gasteiger partial charge is 0.0484 e. The van der Waals surface area contributed by atoms with Crippen LogP contribution >= 0.6 is 23.2 Å². The maximum absolute atomic E-state index is 6.29. The highest BCUT2D eigenvalue weighted by Crippen LogP contribution is 2.29. The molecule has 0 unspecified atom stereocenters. The average molecular weight is 231 g/mol. The molecule has 78 valence electrons. The molecule has 0 fully saturated rings. The van der Waals surface area contributed by atoms with Crippen LogP contribution in [0.1, 0.15) is 37.8 Å². The summed E-state index contributed by atoms with van der Waals surface area (Å²) in [6.45, 7) is 4.30. The highest BCUT2D eigenvalue weighted by molar-refractivity contribution is 6.36. The van der Waals surface area contributed by atoms with Crippen LogP contribution < -0.4 is 0 Å². The molecular formula is C12H16Cl2. The van der Waals surface area contributed by atoms with Crippen molar-refractivity contribution in [2.45, 2.75) is 39.5 Å². The van der Waals surface area contributed by atoms with Crippen molar-refractivity contribution >= 4 is 23.2 Å². The molecule has 0 amide bonds. The molecule has 0 radical (unpaired) electrons. The molecule has 0 aliphatic carbocycles. The molecule has 0 spiro atoms. The lowest BCUT2D eigenvalue weighted by atomic mass is 10.0. The summed E-state index contributed by atoms with van der Waals surface area (Å²) in [6.07, 6.45) is 4.20. The first-order valence-electron chi connectivity index (χ1n) is 5.16. The fraction of sp³-hybridized carbons (Fsp3) is 0.500. The molecule has 0 heterocycles. The van der Waals surface area contributed by atoms with E-state index < -0.39 is 0 Å². The van der Waals surface area contributed by atoms with Gasteiger partial charge in [0.15, 0.2) is 0 Å². The van der Waals surface area contributed by atoms with E-state index in [1.807, 2.05) is 12.1 Å². The normalized spacial score (nSPS) is 10.6. The van der Waals surface area contributed by atoms with Gasteiger partial charge < -0.3 is 0 Å². The van der Waals surface area contributed by atoms with Crippen LogP contribution in [0.5, 0.6) is 0 Å². The molecule has 2 heteroatoms. The van der Waals surface area contributed by atoms with E-state index in [0.29, 0.717) is 0 Å². The van der Waals surface area contributed by atoms with E-state index in [1.54, 1.807) is 0 Å². The van der Waals surface area contributed by atoms with Crippen LogP contribution in [-0.4, -0.2) is 0 Å². The van der Waals surface area contributed by atoms with E-state index in [4.69, 9.17) is 23.2 Å². The summed E-state index contributed by atoms with van der Waals surface area (Å²) in [5, 5.41) is 1.68. The second kappa shape index (κ2) is 5.63. The van der Waals surface area contributed by atoms with Crippen molar-refractivity contribution in [1.29, 1.82) is 0 Å². The number of aryl methyl sites for hydroxylation is 1. The molecule has 0 N–H and O–H groups in total. The van der Waals surface area contributed by atoms with Gasteiger partial charge in [0.1, 0.15) is 0 Å². The van der Waals surface area contributed by atoms with Gasteiger partial charge in [0.25, 0.3) is 0 Å². The molecule has 1 aromatic rings. The maximum atomic E-state index is 6.29. The number of hydrogen-bond acceptors (Lipinski definition) is 0. The Morgan fingerprint density at radius 2 is 1.64 bits per heavy atom. The van der Waals surface area contributed by atoms with Crippen molar-refractivity contribution < 1.29 is 0 Å². The molecule has 0 atom stereocenters. The van der Waals surface area contributed by atoms with Gasteiger partial charge >= 0.3 is 0 Å². The standard InChI is InChI=1S/C12H16Cl2/c1-3-5-9-7-8-11(13)10(6-4-2)12(9)14/h7-8H,3-6H2,1-2H3. The van der Waals surface area contributed by atoms with Crippen molar-refractivity contribution in [2.75, 3.05) is 0 Å². The Morgan fingerprint density at radius 3 is 2.21 bits per heavy atom. The predicted molar refractivity (Wildman–Crippen MR) is 64.5 cm³/mol. The number of hydrogen-bond donors (Lipinski definition) is 0. The zero-order chi connectivity index (χ0) is 10.6. The van der Waals surface area contributed by atoms with Crippen molar-refractivity contribution in [3.63, 3.8) is 0 Å². The molecular weight excluding hydrogens is 215 g/mol. The fourth-order valence-corrected chi connectivity index (χ4v) is 2.24. The lowest BCUT2D eigenvalue weighted by molar-refractivity contribution is 0.896. The number of rotatable bonds is 4. The predicted octanol–water partition coefficient (Wildman–Crippen LogP) is 4.90. The van der Waals surface area contributed by atoms with Crippen LogP contribution in [-0.2, 0) is 12.8 Å². The third kappa shape index (κ3) is 2.65. The van der Waals surface area contributed by atoms with E-state index >= 15 is 0 Å². The highest BCUT2D eigenvalue weighted by atomic mass is 35.5. The Labute approximate surface area is 96.2 Å². The summed E-state index contributed by atoms with van der Waals surface area (Å²) in [5.74, 6) is 0. The molecule has 1 rings (SSSR count). The summed E-state index contributed by atoms with van der Waals surface area (Å²) in [5.41, 5.74) is 2.34. The molecule has 0 aliphatic rings. The first kappa shape index (κ1) is 11.9. The summed E-state index contributed by atoms with van der Waals surface area (Å²) < 4.78 is 0. The summed E-state index contributed by atoms with van der Waals surface area (Å²) in [7, 11) is 0. The lowest BCUT2D eigenvalue weighted by Gasteiger charge is -2.10. The summed E-state index contributed by atoms with van der Waals surface area (Å²) in [6, 6.07) is 4.00. The van der Waals surface area contributed by atoms with Crippen LogP contribution in [0, 0.1) is 0 Å². The average Bonchev–Trinajstić information content (AvgIpc) is 2.17. The van der Waals surface area contributed by atoms with Crippen molar-refractivity contribution in [3.8, 4) is 0 Å². The minimum absolute atomic E-state index is 0.803. The largest absolute Gasteiger partial charge is 0.0840 e. The van der Waals surface area contributed by atoms with Crippen molar-refractivity contribution in [1.82, 2.24) is 0 Å².